The summed E-state index contributed by atoms with van der Waals surface area (Å²) in [5.41, 5.74) is 1.37. The summed E-state index contributed by atoms with van der Waals surface area (Å²) in [7, 11) is -3.71. The Morgan fingerprint density at radius 3 is 2.50 bits per heavy atom. The van der Waals surface area contributed by atoms with Crippen LogP contribution < -0.4 is 10.6 Å². The van der Waals surface area contributed by atoms with Crippen LogP contribution in [0.1, 0.15) is 49.8 Å². The smallest absolute Gasteiger partial charge is 0.256 e. The van der Waals surface area contributed by atoms with Gasteiger partial charge in [0, 0.05) is 18.5 Å². The van der Waals surface area contributed by atoms with Crippen LogP contribution in [0.15, 0.2) is 20.1 Å². The van der Waals surface area contributed by atoms with E-state index in [1.54, 1.807) is 5.38 Å². The topological polar surface area (TPSA) is 121 Å². The molecule has 1 saturated heterocycles. The maximum Gasteiger partial charge on any atom is 0.256 e. The van der Waals surface area contributed by atoms with Crippen LogP contribution in [0.4, 0.5) is 17.3 Å². The fourth-order valence-electron chi connectivity index (χ4n) is 3.61. The number of hydrogen-bond acceptors (Lipinski definition) is 10. The van der Waals surface area contributed by atoms with Crippen LogP contribution in [0.3, 0.4) is 0 Å². The molecule has 32 heavy (non-hydrogen) atoms. The number of aromatic nitrogens is 2. The normalized spacial score (nSPS) is 16.0. The summed E-state index contributed by atoms with van der Waals surface area (Å²) in [5.74, 6) is 2.53. The fourth-order valence-corrected chi connectivity index (χ4v) is 6.98. The molecule has 0 aliphatic carbocycles. The van der Waals surface area contributed by atoms with Gasteiger partial charge in [-0.15, -0.1) is 11.3 Å². The fraction of sp³-hybridized carbons (Fsp3) is 0.500. The van der Waals surface area contributed by atoms with E-state index in [1.165, 1.54) is 4.31 Å². The number of furan rings is 1. The highest BCUT2D eigenvalue weighted by atomic mass is 32.2. The second-order valence-electron chi connectivity index (χ2n) is 8.24. The van der Waals surface area contributed by atoms with Crippen LogP contribution in [-0.4, -0.2) is 39.7 Å². The zero-order valence-electron chi connectivity index (χ0n) is 18.4. The molecule has 1 fully saturated rings. The zero-order chi connectivity index (χ0) is 23.0. The molecule has 12 heteroatoms. The minimum Gasteiger partial charge on any atom is -0.504 e. The minimum atomic E-state index is -3.71. The quantitative estimate of drug-likeness (QED) is 0.404. The van der Waals surface area contributed by atoms with Gasteiger partial charge in [-0.2, -0.15) is 13.1 Å². The predicted molar refractivity (Wildman–Crippen MR) is 127 cm³/mol. The Hall–Kier alpha value is -2.15. The minimum absolute atomic E-state index is 0.0545. The first-order chi connectivity index (χ1) is 15.2. The van der Waals surface area contributed by atoms with Crippen molar-refractivity contribution in [2.75, 3.05) is 23.7 Å². The summed E-state index contributed by atoms with van der Waals surface area (Å²) in [6, 6.07) is 1.88. The highest BCUT2D eigenvalue weighted by Gasteiger charge is 2.32. The van der Waals surface area contributed by atoms with Gasteiger partial charge in [0.05, 0.1) is 23.5 Å². The van der Waals surface area contributed by atoms with Gasteiger partial charge in [-0.25, -0.2) is 8.42 Å². The summed E-state index contributed by atoms with van der Waals surface area (Å²) in [5, 5.41) is 18.7. The van der Waals surface area contributed by atoms with Gasteiger partial charge in [-0.1, -0.05) is 13.8 Å². The van der Waals surface area contributed by atoms with Crippen molar-refractivity contribution >= 4 is 50.4 Å². The maximum atomic E-state index is 12.8. The van der Waals surface area contributed by atoms with E-state index in [0.29, 0.717) is 24.7 Å². The number of aryl methyl sites for hydroxylation is 2. The summed E-state index contributed by atoms with van der Waals surface area (Å²) < 4.78 is 41.6. The average molecular weight is 498 g/mol. The lowest BCUT2D eigenvalue weighted by Crippen LogP contribution is -2.27. The lowest BCUT2D eigenvalue weighted by atomic mass is 10.0. The van der Waals surface area contributed by atoms with Crippen LogP contribution >= 0.6 is 23.1 Å². The first kappa shape index (κ1) is 23.0. The van der Waals surface area contributed by atoms with Crippen molar-refractivity contribution in [1.82, 2.24) is 13.1 Å². The molecule has 3 N–H and O–H groups in total. The molecule has 0 amide bonds. The van der Waals surface area contributed by atoms with E-state index in [4.69, 9.17) is 4.42 Å². The number of nitrogens with zero attached hydrogens (tertiary/aromatic N) is 3. The van der Waals surface area contributed by atoms with E-state index in [1.807, 2.05) is 19.9 Å². The van der Waals surface area contributed by atoms with Crippen molar-refractivity contribution in [3.63, 3.8) is 0 Å². The van der Waals surface area contributed by atoms with Crippen molar-refractivity contribution in [3.05, 3.63) is 28.5 Å². The molecule has 0 bridgehead atoms. The molecular weight excluding hydrogens is 470 g/mol. The van der Waals surface area contributed by atoms with E-state index in [-0.39, 0.29) is 27.6 Å². The number of anilines is 3. The second-order valence-corrected chi connectivity index (χ2v) is 11.8. The Morgan fingerprint density at radius 2 is 1.88 bits per heavy atom. The SMILES string of the molecule is Cc1cc([C@H](Nc2nsnc2Nc2csc(S(=O)(=O)N3CCCC3)c2O)C(C)C)oc1C. The summed E-state index contributed by atoms with van der Waals surface area (Å²) in [4.78, 5) is 0. The molecule has 1 atom stereocenters. The molecule has 4 heterocycles. The van der Waals surface area contributed by atoms with Gasteiger partial charge in [0.1, 0.15) is 11.5 Å². The number of sulfonamides is 1. The molecule has 4 rings (SSSR count). The summed E-state index contributed by atoms with van der Waals surface area (Å²) >= 11 is 2.02. The van der Waals surface area contributed by atoms with Gasteiger partial charge >= 0.3 is 0 Å². The standard InChI is InChI=1S/C20H27N5O4S3/c1-11(2)16(15-9-12(3)13(4)29-15)22-19-18(23-31-24-19)21-14-10-30-20(17(14)26)32(27,28)25-7-5-6-8-25/h9-11,16,26H,5-8H2,1-4H3,(H,21,23)(H,22,24)/t16-/m1/s1. The molecular formula is C20H27N5O4S3. The number of aromatic hydroxyl groups is 1. The molecule has 0 saturated carbocycles. The van der Waals surface area contributed by atoms with Crippen molar-refractivity contribution in [2.45, 2.75) is 50.8 Å². The Balaban J connectivity index is 1.56. The van der Waals surface area contributed by atoms with Crippen LogP contribution in [-0.2, 0) is 10.0 Å². The van der Waals surface area contributed by atoms with Crippen LogP contribution in [0, 0.1) is 19.8 Å². The van der Waals surface area contributed by atoms with Gasteiger partial charge in [0.25, 0.3) is 10.0 Å². The first-order valence-electron chi connectivity index (χ1n) is 10.4. The third-order valence-corrected chi connectivity index (χ3v) is 9.48. The highest BCUT2D eigenvalue weighted by molar-refractivity contribution is 7.91. The molecule has 3 aromatic heterocycles. The Morgan fingerprint density at radius 1 is 1.19 bits per heavy atom. The molecule has 0 spiro atoms. The van der Waals surface area contributed by atoms with E-state index < -0.39 is 10.0 Å². The Kier molecular flexibility index (Phi) is 6.48. The van der Waals surface area contributed by atoms with Crippen molar-refractivity contribution < 1.29 is 17.9 Å². The molecule has 0 aromatic carbocycles. The van der Waals surface area contributed by atoms with E-state index >= 15 is 0 Å². The lowest BCUT2D eigenvalue weighted by molar-refractivity contribution is 0.408. The Bertz CT molecular complexity index is 1170. The third-order valence-electron chi connectivity index (χ3n) is 5.56. The molecule has 0 radical (unpaired) electrons. The van der Waals surface area contributed by atoms with Gasteiger partial charge < -0.3 is 20.2 Å². The van der Waals surface area contributed by atoms with Gasteiger partial charge in [-0.3, -0.25) is 0 Å². The molecule has 3 aromatic rings. The van der Waals surface area contributed by atoms with Crippen molar-refractivity contribution in [2.24, 2.45) is 5.92 Å². The lowest BCUT2D eigenvalue weighted by Gasteiger charge is -2.20. The van der Waals surface area contributed by atoms with Crippen molar-refractivity contribution in [3.8, 4) is 5.75 Å². The monoisotopic (exact) mass is 497 g/mol. The van der Waals surface area contributed by atoms with Gasteiger partial charge in [-0.05, 0) is 44.2 Å². The summed E-state index contributed by atoms with van der Waals surface area (Å²) in [6.45, 7) is 9.06. The molecule has 0 unspecified atom stereocenters. The van der Waals surface area contributed by atoms with E-state index in [9.17, 15) is 13.5 Å². The predicted octanol–water partition coefficient (Wildman–Crippen LogP) is 4.85. The Labute approximate surface area is 195 Å². The number of rotatable bonds is 8. The largest absolute Gasteiger partial charge is 0.504 e. The highest BCUT2D eigenvalue weighted by Crippen LogP contribution is 2.42. The van der Waals surface area contributed by atoms with E-state index in [0.717, 1.165) is 53.0 Å². The first-order valence-corrected chi connectivity index (χ1v) is 13.5. The van der Waals surface area contributed by atoms with E-state index in [2.05, 4.69) is 33.2 Å². The van der Waals surface area contributed by atoms with Crippen LogP contribution in [0.25, 0.3) is 0 Å². The number of hydrogen-bond donors (Lipinski definition) is 3. The third kappa shape index (κ3) is 4.36. The molecule has 1 aliphatic heterocycles. The number of nitrogens with one attached hydrogen (secondary N) is 2. The second kappa shape index (κ2) is 9.00. The van der Waals surface area contributed by atoms with Crippen molar-refractivity contribution in [1.29, 1.82) is 0 Å². The molecule has 174 valence electrons. The van der Waals surface area contributed by atoms with Crippen LogP contribution in [0.2, 0.25) is 0 Å². The average Bonchev–Trinajstić information content (AvgIpc) is 3.51. The zero-order valence-corrected chi connectivity index (χ0v) is 20.8. The maximum absolute atomic E-state index is 12.8. The molecule has 9 nitrogen and oxygen atoms in total. The van der Waals surface area contributed by atoms with Gasteiger partial charge in [0.2, 0.25) is 0 Å². The van der Waals surface area contributed by atoms with Crippen LogP contribution in [0.5, 0.6) is 5.75 Å². The van der Waals surface area contributed by atoms with Gasteiger partial charge in [0.15, 0.2) is 21.6 Å². The summed E-state index contributed by atoms with van der Waals surface area (Å²) in [6.07, 6.45) is 1.67. The number of thiophene rings is 1. The molecule has 1 aliphatic rings.